The van der Waals surface area contributed by atoms with Gasteiger partial charge in [0.2, 0.25) is 10.0 Å². The van der Waals surface area contributed by atoms with Crippen molar-refractivity contribution in [3.8, 4) is 0 Å². The Bertz CT molecular complexity index is 813. The number of halogens is 2. The first-order valence-corrected chi connectivity index (χ1v) is 8.81. The van der Waals surface area contributed by atoms with Crippen LogP contribution in [0, 0.1) is 24.5 Å². The van der Waals surface area contributed by atoms with Gasteiger partial charge in [-0.1, -0.05) is 17.7 Å². The largest absolute Gasteiger partial charge is 0.243 e. The molecule has 1 aliphatic heterocycles. The topological polar surface area (TPSA) is 37.4 Å². The normalized spacial score (nSPS) is 16.3. The average Bonchev–Trinajstić information content (AvgIpc) is 2.46. The Kier molecular flexibility index (Phi) is 4.21. The van der Waals surface area contributed by atoms with Crippen molar-refractivity contribution in [1.29, 1.82) is 0 Å². The van der Waals surface area contributed by atoms with Crippen molar-refractivity contribution >= 4 is 10.0 Å². The molecular formula is C17H17F2NO2S. The molecule has 122 valence electrons. The van der Waals surface area contributed by atoms with Gasteiger partial charge in [-0.3, -0.25) is 0 Å². The van der Waals surface area contributed by atoms with Crippen LogP contribution in [0.2, 0.25) is 0 Å². The Morgan fingerprint density at radius 1 is 1.09 bits per heavy atom. The first kappa shape index (κ1) is 16.1. The van der Waals surface area contributed by atoms with Gasteiger partial charge in [-0.05, 0) is 55.2 Å². The molecular weight excluding hydrogens is 320 g/mol. The molecule has 0 aliphatic carbocycles. The summed E-state index contributed by atoms with van der Waals surface area (Å²) in [7, 11) is -3.50. The molecule has 1 heterocycles. The Balaban J connectivity index is 1.66. The minimum Gasteiger partial charge on any atom is -0.207 e. The van der Waals surface area contributed by atoms with Crippen LogP contribution >= 0.6 is 0 Å². The summed E-state index contributed by atoms with van der Waals surface area (Å²) in [5.41, 5.74) is 1.29. The molecule has 0 atom stereocenters. The molecule has 0 spiro atoms. The number of aryl methyl sites for hydroxylation is 1. The van der Waals surface area contributed by atoms with Crippen LogP contribution in [0.1, 0.15) is 11.1 Å². The number of sulfonamides is 1. The van der Waals surface area contributed by atoms with E-state index in [0.717, 1.165) is 17.7 Å². The van der Waals surface area contributed by atoms with Gasteiger partial charge in [-0.15, -0.1) is 0 Å². The summed E-state index contributed by atoms with van der Waals surface area (Å²) >= 11 is 0. The lowest BCUT2D eigenvalue weighted by molar-refractivity contribution is 0.198. The lowest BCUT2D eigenvalue weighted by Gasteiger charge is -2.38. The number of hydrogen-bond acceptors (Lipinski definition) is 2. The van der Waals surface area contributed by atoms with E-state index in [1.54, 1.807) is 24.3 Å². The second-order valence-electron chi connectivity index (χ2n) is 5.94. The second-order valence-corrected chi connectivity index (χ2v) is 7.88. The minimum atomic E-state index is -3.50. The molecule has 3 nitrogen and oxygen atoms in total. The van der Waals surface area contributed by atoms with E-state index in [4.69, 9.17) is 0 Å². The highest BCUT2D eigenvalue weighted by Gasteiger charge is 2.36. The Morgan fingerprint density at radius 2 is 1.74 bits per heavy atom. The summed E-state index contributed by atoms with van der Waals surface area (Å²) in [6.45, 7) is 2.54. The molecule has 6 heteroatoms. The highest BCUT2D eigenvalue weighted by Crippen LogP contribution is 2.28. The summed E-state index contributed by atoms with van der Waals surface area (Å²) in [5, 5.41) is 0. The van der Waals surface area contributed by atoms with Crippen molar-refractivity contribution in [2.24, 2.45) is 5.92 Å². The molecule has 2 aromatic carbocycles. The summed E-state index contributed by atoms with van der Waals surface area (Å²) in [6, 6.07) is 10.0. The fourth-order valence-electron chi connectivity index (χ4n) is 2.72. The van der Waals surface area contributed by atoms with Crippen molar-refractivity contribution in [2.45, 2.75) is 18.2 Å². The molecule has 0 aromatic heterocycles. The van der Waals surface area contributed by atoms with Gasteiger partial charge in [0.1, 0.15) is 11.6 Å². The molecule has 0 radical (unpaired) electrons. The smallest absolute Gasteiger partial charge is 0.207 e. The summed E-state index contributed by atoms with van der Waals surface area (Å²) in [4.78, 5) is 0.262. The molecule has 0 bridgehead atoms. The van der Waals surface area contributed by atoms with E-state index in [0.29, 0.717) is 25.1 Å². The number of nitrogens with zero attached hydrogens (tertiary/aromatic N) is 1. The first-order valence-electron chi connectivity index (χ1n) is 7.37. The molecule has 0 saturated carbocycles. The van der Waals surface area contributed by atoms with Crippen LogP contribution in [0.25, 0.3) is 0 Å². The van der Waals surface area contributed by atoms with Crippen LogP contribution in [0.5, 0.6) is 0 Å². The van der Waals surface area contributed by atoms with E-state index in [1.165, 1.54) is 10.4 Å². The first-order chi connectivity index (χ1) is 10.9. The van der Waals surface area contributed by atoms with Gasteiger partial charge in [0.15, 0.2) is 0 Å². The third-order valence-electron chi connectivity index (χ3n) is 4.10. The number of benzene rings is 2. The van der Waals surface area contributed by atoms with Crippen molar-refractivity contribution in [1.82, 2.24) is 4.31 Å². The molecule has 1 aliphatic rings. The van der Waals surface area contributed by atoms with Gasteiger partial charge in [0.25, 0.3) is 0 Å². The Morgan fingerprint density at radius 3 is 2.39 bits per heavy atom. The predicted octanol–water partition coefficient (Wildman–Crippen LogP) is 3.14. The molecule has 1 fully saturated rings. The summed E-state index contributed by atoms with van der Waals surface area (Å²) < 4.78 is 53.0. The fourth-order valence-corrected chi connectivity index (χ4v) is 4.31. The van der Waals surface area contributed by atoms with E-state index >= 15 is 0 Å². The van der Waals surface area contributed by atoms with Gasteiger partial charge in [0, 0.05) is 13.1 Å². The molecule has 0 N–H and O–H groups in total. The summed E-state index contributed by atoms with van der Waals surface area (Å²) in [5.74, 6) is -0.928. The summed E-state index contributed by atoms with van der Waals surface area (Å²) in [6.07, 6.45) is 0.337. The van der Waals surface area contributed by atoms with Crippen LogP contribution in [0.4, 0.5) is 8.78 Å². The zero-order chi connectivity index (χ0) is 16.6. The van der Waals surface area contributed by atoms with E-state index in [2.05, 4.69) is 0 Å². The Labute approximate surface area is 134 Å². The Hall–Kier alpha value is -1.79. The maximum atomic E-state index is 13.6. The van der Waals surface area contributed by atoms with Crippen LogP contribution in [0.3, 0.4) is 0 Å². The third kappa shape index (κ3) is 3.28. The van der Waals surface area contributed by atoms with Crippen LogP contribution in [0.15, 0.2) is 47.4 Å². The highest BCUT2D eigenvalue weighted by molar-refractivity contribution is 7.89. The van der Waals surface area contributed by atoms with Crippen LogP contribution in [-0.4, -0.2) is 25.8 Å². The van der Waals surface area contributed by atoms with Crippen molar-refractivity contribution in [3.63, 3.8) is 0 Å². The molecule has 3 rings (SSSR count). The van der Waals surface area contributed by atoms with E-state index in [9.17, 15) is 17.2 Å². The van der Waals surface area contributed by atoms with E-state index < -0.39 is 21.7 Å². The van der Waals surface area contributed by atoms with Gasteiger partial charge in [0.05, 0.1) is 4.90 Å². The molecule has 0 unspecified atom stereocenters. The maximum absolute atomic E-state index is 13.6. The standard InChI is InChI=1S/C17H17F2NO2S/c1-12-2-5-16(6-3-12)23(21,22)20-10-13(11-20)8-14-9-15(18)4-7-17(14)19/h2-7,9,13H,8,10-11H2,1H3. The zero-order valence-corrected chi connectivity index (χ0v) is 13.5. The molecule has 0 amide bonds. The monoisotopic (exact) mass is 337 g/mol. The van der Waals surface area contributed by atoms with E-state index in [-0.39, 0.29) is 10.8 Å². The van der Waals surface area contributed by atoms with Crippen molar-refractivity contribution in [3.05, 3.63) is 65.2 Å². The van der Waals surface area contributed by atoms with Gasteiger partial charge in [-0.25, -0.2) is 17.2 Å². The van der Waals surface area contributed by atoms with E-state index in [1.807, 2.05) is 6.92 Å². The average molecular weight is 337 g/mol. The van der Waals surface area contributed by atoms with Crippen molar-refractivity contribution < 1.29 is 17.2 Å². The highest BCUT2D eigenvalue weighted by atomic mass is 32.2. The molecule has 23 heavy (non-hydrogen) atoms. The second kappa shape index (κ2) is 6.02. The molecule has 2 aromatic rings. The quantitative estimate of drug-likeness (QED) is 0.859. The van der Waals surface area contributed by atoms with Crippen LogP contribution in [-0.2, 0) is 16.4 Å². The fraction of sp³-hybridized carbons (Fsp3) is 0.294. The predicted molar refractivity (Wildman–Crippen MR) is 83.5 cm³/mol. The third-order valence-corrected chi connectivity index (χ3v) is 5.94. The minimum absolute atomic E-state index is 0.00604. The van der Waals surface area contributed by atoms with Crippen molar-refractivity contribution in [2.75, 3.05) is 13.1 Å². The van der Waals surface area contributed by atoms with Gasteiger partial charge in [-0.2, -0.15) is 4.31 Å². The lowest BCUT2D eigenvalue weighted by Crippen LogP contribution is -2.50. The zero-order valence-electron chi connectivity index (χ0n) is 12.7. The maximum Gasteiger partial charge on any atom is 0.243 e. The van der Waals surface area contributed by atoms with Gasteiger partial charge < -0.3 is 0 Å². The SMILES string of the molecule is Cc1ccc(S(=O)(=O)N2CC(Cc3cc(F)ccc3F)C2)cc1. The molecule has 1 saturated heterocycles. The number of hydrogen-bond donors (Lipinski definition) is 0. The van der Waals surface area contributed by atoms with Gasteiger partial charge >= 0.3 is 0 Å². The lowest BCUT2D eigenvalue weighted by atomic mass is 9.94. The van der Waals surface area contributed by atoms with Crippen LogP contribution < -0.4 is 0 Å². The number of rotatable bonds is 4.